The number of carbonyl (C=O) groups excluding carboxylic acids is 1. The fourth-order valence-corrected chi connectivity index (χ4v) is 5.20. The van der Waals surface area contributed by atoms with Gasteiger partial charge in [-0.3, -0.25) is 9.78 Å². The molecule has 0 spiro atoms. The van der Waals surface area contributed by atoms with E-state index in [4.69, 9.17) is 23.2 Å². The van der Waals surface area contributed by atoms with Crippen LogP contribution in [0.3, 0.4) is 0 Å². The van der Waals surface area contributed by atoms with Crippen LogP contribution in [0, 0.1) is 5.41 Å². The number of fused-ring (bicyclic) bond motifs is 4. The first-order valence-electron chi connectivity index (χ1n) is 9.70. The molecule has 29 heavy (non-hydrogen) atoms. The number of nitrogens with one attached hydrogen (secondary N) is 1. The Kier molecular flexibility index (Phi) is 4.23. The van der Waals surface area contributed by atoms with E-state index < -0.39 is 0 Å². The summed E-state index contributed by atoms with van der Waals surface area (Å²) >= 11 is 12.7. The van der Waals surface area contributed by atoms with E-state index in [2.05, 4.69) is 36.3 Å². The van der Waals surface area contributed by atoms with E-state index in [1.165, 1.54) is 0 Å². The molecule has 0 saturated carbocycles. The van der Waals surface area contributed by atoms with Gasteiger partial charge in [0.25, 0.3) is 0 Å². The number of allylic oxidation sites excluding steroid dienone is 1. The van der Waals surface area contributed by atoms with Gasteiger partial charge in [0, 0.05) is 44.9 Å². The van der Waals surface area contributed by atoms with Gasteiger partial charge in [-0.25, -0.2) is 0 Å². The maximum atomic E-state index is 13.4. The van der Waals surface area contributed by atoms with E-state index in [0.29, 0.717) is 16.5 Å². The van der Waals surface area contributed by atoms with Gasteiger partial charge in [-0.1, -0.05) is 49.2 Å². The topological polar surface area (TPSA) is 42.0 Å². The third-order valence-corrected chi connectivity index (χ3v) is 6.43. The monoisotopic (exact) mass is 422 g/mol. The Morgan fingerprint density at radius 2 is 1.93 bits per heavy atom. The molecule has 1 unspecified atom stereocenters. The lowest BCUT2D eigenvalue weighted by atomic mass is 9.68. The Morgan fingerprint density at radius 3 is 2.72 bits per heavy atom. The number of rotatable bonds is 1. The Bertz CT molecular complexity index is 1210. The number of anilines is 1. The molecule has 3 aromatic rings. The van der Waals surface area contributed by atoms with E-state index >= 15 is 0 Å². The van der Waals surface area contributed by atoms with Gasteiger partial charge in [0.1, 0.15) is 0 Å². The van der Waals surface area contributed by atoms with E-state index in [-0.39, 0.29) is 17.2 Å². The Balaban J connectivity index is 1.81. The molecule has 1 N–H and O–H groups in total. The van der Waals surface area contributed by atoms with Crippen molar-refractivity contribution in [3.63, 3.8) is 0 Å². The molecule has 0 bridgehead atoms. The molecule has 0 amide bonds. The summed E-state index contributed by atoms with van der Waals surface area (Å²) in [6.45, 7) is 4.31. The largest absolute Gasteiger partial charge is 0.373 e. The second-order valence-electron chi connectivity index (χ2n) is 8.63. The molecule has 3 nitrogen and oxygen atoms in total. The molecule has 5 rings (SSSR count). The van der Waals surface area contributed by atoms with Crippen molar-refractivity contribution in [1.82, 2.24) is 4.98 Å². The fraction of sp³-hybridized carbons (Fsp3) is 0.250. The van der Waals surface area contributed by atoms with Crippen LogP contribution in [0.5, 0.6) is 0 Å². The molecule has 146 valence electrons. The quantitative estimate of drug-likeness (QED) is 0.465. The van der Waals surface area contributed by atoms with Gasteiger partial charge >= 0.3 is 0 Å². The van der Waals surface area contributed by atoms with Gasteiger partial charge in [-0.2, -0.15) is 0 Å². The second kappa shape index (κ2) is 6.58. The van der Waals surface area contributed by atoms with Crippen LogP contribution in [0.25, 0.3) is 16.5 Å². The highest BCUT2D eigenvalue weighted by Gasteiger charge is 2.41. The number of ketones is 1. The predicted octanol–water partition coefficient (Wildman–Crippen LogP) is 6.85. The van der Waals surface area contributed by atoms with Crippen molar-refractivity contribution in [3.8, 4) is 0 Å². The average molecular weight is 423 g/mol. The normalized spacial score (nSPS) is 20.3. The van der Waals surface area contributed by atoms with Crippen molar-refractivity contribution in [3.05, 3.63) is 75.4 Å². The van der Waals surface area contributed by atoms with Crippen molar-refractivity contribution in [1.29, 1.82) is 0 Å². The number of halogens is 2. The summed E-state index contributed by atoms with van der Waals surface area (Å²) in [5, 5.41) is 5.80. The number of pyridine rings is 1. The Labute approximate surface area is 179 Å². The van der Waals surface area contributed by atoms with Crippen LogP contribution in [0.15, 0.2) is 54.2 Å². The molecule has 1 aromatic heterocycles. The summed E-state index contributed by atoms with van der Waals surface area (Å²) in [7, 11) is 0. The first kappa shape index (κ1) is 18.7. The Morgan fingerprint density at radius 1 is 1.10 bits per heavy atom. The standard InChI is InChI=1S/C24H20Cl2N2O/c1-24(2)11-16-21-15-4-3-9-27-18(15)7-8-19(21)28-23(22(16)20(29)12-24)14-6-5-13(25)10-17(14)26/h3-10,23,28H,11-12H2,1-2H3. The molecule has 0 saturated heterocycles. The zero-order chi connectivity index (χ0) is 20.3. The van der Waals surface area contributed by atoms with Crippen molar-refractivity contribution < 1.29 is 4.79 Å². The van der Waals surface area contributed by atoms with Gasteiger partial charge in [0.15, 0.2) is 5.78 Å². The summed E-state index contributed by atoms with van der Waals surface area (Å²) in [6, 6.07) is 13.3. The molecule has 2 heterocycles. The molecule has 0 radical (unpaired) electrons. The molecular weight excluding hydrogens is 403 g/mol. The van der Waals surface area contributed by atoms with Crippen LogP contribution in [0.2, 0.25) is 10.0 Å². The average Bonchev–Trinajstić information content (AvgIpc) is 2.66. The van der Waals surface area contributed by atoms with Crippen LogP contribution in [0.1, 0.15) is 43.9 Å². The van der Waals surface area contributed by atoms with Gasteiger partial charge in [-0.15, -0.1) is 0 Å². The first-order chi connectivity index (χ1) is 13.8. The van der Waals surface area contributed by atoms with Crippen molar-refractivity contribution in [2.45, 2.75) is 32.7 Å². The third-order valence-electron chi connectivity index (χ3n) is 5.87. The van der Waals surface area contributed by atoms with E-state index in [1.807, 2.05) is 24.3 Å². The number of aromatic nitrogens is 1. The van der Waals surface area contributed by atoms with Gasteiger partial charge < -0.3 is 5.32 Å². The molecule has 2 aromatic carbocycles. The highest BCUT2D eigenvalue weighted by atomic mass is 35.5. The van der Waals surface area contributed by atoms with Gasteiger partial charge in [0.05, 0.1) is 11.6 Å². The van der Waals surface area contributed by atoms with Crippen LogP contribution >= 0.6 is 23.2 Å². The number of nitrogens with zero attached hydrogens (tertiary/aromatic N) is 1. The minimum absolute atomic E-state index is 0.0940. The minimum Gasteiger partial charge on any atom is -0.373 e. The summed E-state index contributed by atoms with van der Waals surface area (Å²) in [5.41, 5.74) is 5.72. The van der Waals surface area contributed by atoms with Crippen LogP contribution < -0.4 is 5.32 Å². The Hall–Kier alpha value is -2.36. The van der Waals surface area contributed by atoms with E-state index in [0.717, 1.165) is 45.3 Å². The molecule has 5 heteroatoms. The molecule has 0 fully saturated rings. The summed E-state index contributed by atoms with van der Waals surface area (Å²) in [6.07, 6.45) is 3.15. The summed E-state index contributed by atoms with van der Waals surface area (Å²) in [4.78, 5) is 17.9. The lowest BCUT2D eigenvalue weighted by molar-refractivity contribution is -0.118. The fourth-order valence-electron chi connectivity index (χ4n) is 4.69. The lowest BCUT2D eigenvalue weighted by Crippen LogP contribution is -2.33. The maximum Gasteiger partial charge on any atom is 0.162 e. The lowest BCUT2D eigenvalue weighted by Gasteiger charge is -2.40. The van der Waals surface area contributed by atoms with Gasteiger partial charge in [-0.05, 0) is 53.3 Å². The van der Waals surface area contributed by atoms with Crippen LogP contribution in [-0.4, -0.2) is 10.8 Å². The molecular formula is C24H20Cl2N2O. The number of Topliss-reactive ketones (excluding diaryl/α,β-unsaturated/α-hetero) is 1. The minimum atomic E-state index is -0.292. The molecule has 1 aliphatic heterocycles. The summed E-state index contributed by atoms with van der Waals surface area (Å²) < 4.78 is 0. The highest BCUT2D eigenvalue weighted by Crippen LogP contribution is 2.52. The van der Waals surface area contributed by atoms with Crippen molar-refractivity contribution >= 4 is 51.1 Å². The number of hydrogen-bond donors (Lipinski definition) is 1. The van der Waals surface area contributed by atoms with Gasteiger partial charge in [0.2, 0.25) is 0 Å². The third kappa shape index (κ3) is 3.04. The first-order valence-corrected chi connectivity index (χ1v) is 10.5. The number of benzene rings is 2. The maximum absolute atomic E-state index is 13.4. The van der Waals surface area contributed by atoms with E-state index in [9.17, 15) is 4.79 Å². The molecule has 2 aliphatic rings. The molecule has 1 aliphatic carbocycles. The van der Waals surface area contributed by atoms with Crippen molar-refractivity contribution in [2.24, 2.45) is 5.41 Å². The highest BCUT2D eigenvalue weighted by molar-refractivity contribution is 6.35. The number of hydrogen-bond acceptors (Lipinski definition) is 3. The predicted molar refractivity (Wildman–Crippen MR) is 120 cm³/mol. The van der Waals surface area contributed by atoms with E-state index in [1.54, 1.807) is 12.3 Å². The summed E-state index contributed by atoms with van der Waals surface area (Å²) in [5.74, 6) is 0.173. The SMILES string of the molecule is CC1(C)CC(=O)C2=C(C1)c1c(ccc3ncccc13)NC2c1ccc(Cl)cc1Cl. The van der Waals surface area contributed by atoms with Crippen molar-refractivity contribution in [2.75, 3.05) is 5.32 Å². The zero-order valence-electron chi connectivity index (χ0n) is 16.2. The molecule has 1 atom stereocenters. The smallest absolute Gasteiger partial charge is 0.162 e. The van der Waals surface area contributed by atoms with Crippen LogP contribution in [0.4, 0.5) is 5.69 Å². The van der Waals surface area contributed by atoms with Crippen LogP contribution in [-0.2, 0) is 4.79 Å². The number of carbonyl (C=O) groups is 1. The zero-order valence-corrected chi connectivity index (χ0v) is 17.7. The second-order valence-corrected chi connectivity index (χ2v) is 9.48.